The van der Waals surface area contributed by atoms with Crippen LogP contribution in [0.2, 0.25) is 0 Å². The molecule has 2 unspecified atom stereocenters. The Morgan fingerprint density at radius 2 is 2.32 bits per heavy atom. The fraction of sp³-hybridized carbons (Fsp3) is 0.462. The first-order chi connectivity index (χ1) is 9.04. The van der Waals surface area contributed by atoms with Crippen LogP contribution in [0.1, 0.15) is 42.2 Å². The Morgan fingerprint density at radius 3 is 2.95 bits per heavy atom. The minimum atomic E-state index is -0.0408. The largest absolute Gasteiger partial charge is 0.389 e. The van der Waals surface area contributed by atoms with Gasteiger partial charge in [-0.25, -0.2) is 5.01 Å². The highest BCUT2D eigenvalue weighted by Gasteiger charge is 2.42. The predicted octanol–water partition coefficient (Wildman–Crippen LogP) is 1.84. The monoisotopic (exact) mass is 274 g/mol. The molecule has 2 N–H and O–H groups in total. The Hall–Kier alpha value is -1.87. The van der Waals surface area contributed by atoms with Gasteiger partial charge in [0.2, 0.25) is 5.91 Å². The van der Waals surface area contributed by atoms with Crippen LogP contribution >= 0.6 is 11.3 Å². The summed E-state index contributed by atoms with van der Waals surface area (Å²) in [5.74, 6) is 0.0723. The molecule has 5 nitrogen and oxygen atoms in total. The van der Waals surface area contributed by atoms with E-state index in [-0.39, 0.29) is 17.9 Å². The summed E-state index contributed by atoms with van der Waals surface area (Å²) in [6.45, 7) is 3.53. The highest BCUT2D eigenvalue weighted by molar-refractivity contribution is 7.16. The summed E-state index contributed by atoms with van der Waals surface area (Å²) in [5.41, 5.74) is 8.65. The zero-order chi connectivity index (χ0) is 13.7. The molecule has 0 saturated heterocycles. The lowest BCUT2D eigenvalue weighted by Crippen LogP contribution is -2.33. The van der Waals surface area contributed by atoms with Crippen LogP contribution in [-0.2, 0) is 11.2 Å². The van der Waals surface area contributed by atoms with Gasteiger partial charge in [0.05, 0.1) is 17.5 Å². The smallest absolute Gasteiger partial charge is 0.239 e. The van der Waals surface area contributed by atoms with Crippen molar-refractivity contribution in [1.82, 2.24) is 5.01 Å². The fourth-order valence-electron chi connectivity index (χ4n) is 3.02. The van der Waals surface area contributed by atoms with E-state index in [1.54, 1.807) is 5.01 Å². The van der Waals surface area contributed by atoms with E-state index in [0.717, 1.165) is 29.0 Å². The normalized spacial score (nSPS) is 24.5. The molecule has 3 rings (SSSR count). The second-order valence-corrected chi connectivity index (χ2v) is 6.05. The lowest BCUT2D eigenvalue weighted by atomic mass is 9.83. The molecule has 98 valence electrons. The van der Waals surface area contributed by atoms with Gasteiger partial charge in [-0.05, 0) is 25.3 Å². The molecule has 1 aromatic heterocycles. The van der Waals surface area contributed by atoms with Gasteiger partial charge in [0, 0.05) is 17.5 Å². The predicted molar refractivity (Wildman–Crippen MR) is 73.9 cm³/mol. The number of hydrazone groups is 1. The standard InChI is InChI=1S/C13H14N4OS/c1-6-11-10(16-17(6)7(2)18)4-3-8-9(5-14)13(15)19-12(8)11/h6,11H,3-4,15H2,1-2H3. The van der Waals surface area contributed by atoms with Crippen LogP contribution in [0.15, 0.2) is 5.10 Å². The third kappa shape index (κ3) is 1.58. The molecule has 6 heteroatoms. The first-order valence-electron chi connectivity index (χ1n) is 6.23. The average molecular weight is 274 g/mol. The molecule has 0 saturated carbocycles. The van der Waals surface area contributed by atoms with Crippen molar-refractivity contribution < 1.29 is 4.79 Å². The first-order valence-corrected chi connectivity index (χ1v) is 7.04. The van der Waals surface area contributed by atoms with Gasteiger partial charge in [0.15, 0.2) is 0 Å². The number of nitrogen functional groups attached to an aromatic ring is 1. The third-order valence-electron chi connectivity index (χ3n) is 3.88. The SMILES string of the molecule is CC(=O)N1N=C2CCc3c(sc(N)c3C#N)C2C1C. The lowest BCUT2D eigenvalue weighted by Gasteiger charge is -2.24. The zero-order valence-electron chi connectivity index (χ0n) is 10.8. The van der Waals surface area contributed by atoms with Crippen molar-refractivity contribution in [2.24, 2.45) is 5.10 Å². The Balaban J connectivity index is 2.10. The molecular formula is C13H14N4OS. The summed E-state index contributed by atoms with van der Waals surface area (Å²) in [6, 6.07) is 2.21. The zero-order valence-corrected chi connectivity index (χ0v) is 11.6. The van der Waals surface area contributed by atoms with Crippen LogP contribution in [0.4, 0.5) is 5.00 Å². The van der Waals surface area contributed by atoms with Gasteiger partial charge in [-0.15, -0.1) is 11.3 Å². The maximum Gasteiger partial charge on any atom is 0.239 e. The maximum atomic E-state index is 11.6. The number of anilines is 1. The number of rotatable bonds is 0. The van der Waals surface area contributed by atoms with Crippen molar-refractivity contribution >= 4 is 28.0 Å². The van der Waals surface area contributed by atoms with E-state index in [1.165, 1.54) is 18.3 Å². The number of hydrogen-bond acceptors (Lipinski definition) is 5. The lowest BCUT2D eigenvalue weighted by molar-refractivity contribution is -0.130. The van der Waals surface area contributed by atoms with Crippen LogP contribution in [0, 0.1) is 11.3 Å². The second-order valence-electron chi connectivity index (χ2n) is 4.97. The van der Waals surface area contributed by atoms with E-state index in [0.29, 0.717) is 10.6 Å². The van der Waals surface area contributed by atoms with Gasteiger partial charge in [-0.3, -0.25) is 4.79 Å². The van der Waals surface area contributed by atoms with Crippen LogP contribution in [0.5, 0.6) is 0 Å². The number of fused-ring (bicyclic) bond motifs is 3. The molecule has 0 spiro atoms. The van der Waals surface area contributed by atoms with E-state index in [9.17, 15) is 10.1 Å². The maximum absolute atomic E-state index is 11.6. The van der Waals surface area contributed by atoms with Gasteiger partial charge < -0.3 is 5.73 Å². The number of nitrogens with zero attached hydrogens (tertiary/aromatic N) is 3. The van der Waals surface area contributed by atoms with Gasteiger partial charge in [0.1, 0.15) is 11.1 Å². The molecule has 2 heterocycles. The molecule has 1 aliphatic carbocycles. The molecule has 0 aromatic carbocycles. The van der Waals surface area contributed by atoms with Crippen molar-refractivity contribution in [3.63, 3.8) is 0 Å². The van der Waals surface area contributed by atoms with Crippen molar-refractivity contribution in [3.05, 3.63) is 16.0 Å². The number of carbonyl (C=O) groups excluding carboxylic acids is 1. The highest BCUT2D eigenvalue weighted by Crippen LogP contribution is 2.45. The molecule has 2 aliphatic rings. The van der Waals surface area contributed by atoms with Crippen molar-refractivity contribution in [3.8, 4) is 6.07 Å². The van der Waals surface area contributed by atoms with Crippen molar-refractivity contribution in [1.29, 1.82) is 5.26 Å². The van der Waals surface area contributed by atoms with E-state index >= 15 is 0 Å². The number of carbonyl (C=O) groups is 1. The Labute approximate surface area is 115 Å². The average Bonchev–Trinajstić information content (AvgIpc) is 2.86. The van der Waals surface area contributed by atoms with Crippen molar-refractivity contribution in [2.45, 2.75) is 38.6 Å². The van der Waals surface area contributed by atoms with Crippen LogP contribution < -0.4 is 5.73 Å². The van der Waals surface area contributed by atoms with Gasteiger partial charge in [-0.2, -0.15) is 10.4 Å². The van der Waals surface area contributed by atoms with E-state index in [1.807, 2.05) is 6.92 Å². The van der Waals surface area contributed by atoms with Crippen molar-refractivity contribution in [2.75, 3.05) is 5.73 Å². The molecule has 1 aromatic rings. The Morgan fingerprint density at radius 1 is 1.58 bits per heavy atom. The molecule has 2 atom stereocenters. The molecule has 1 aliphatic heterocycles. The molecule has 19 heavy (non-hydrogen) atoms. The van der Waals surface area contributed by atoms with E-state index < -0.39 is 0 Å². The molecule has 1 amide bonds. The number of nitrogens with two attached hydrogens (primary N) is 1. The number of nitriles is 1. The minimum absolute atomic E-state index is 0.0103. The van der Waals surface area contributed by atoms with Crippen LogP contribution in [0.3, 0.4) is 0 Å². The number of hydrogen-bond donors (Lipinski definition) is 1. The minimum Gasteiger partial charge on any atom is -0.389 e. The second kappa shape index (κ2) is 4.07. The van der Waals surface area contributed by atoms with Gasteiger partial charge in [-0.1, -0.05) is 0 Å². The van der Waals surface area contributed by atoms with Crippen LogP contribution in [-0.4, -0.2) is 22.7 Å². The fourth-order valence-corrected chi connectivity index (χ4v) is 4.32. The summed E-state index contributed by atoms with van der Waals surface area (Å²) in [6.07, 6.45) is 1.59. The topological polar surface area (TPSA) is 82.5 Å². The quantitative estimate of drug-likeness (QED) is 0.783. The third-order valence-corrected chi connectivity index (χ3v) is 5.02. The summed E-state index contributed by atoms with van der Waals surface area (Å²) in [5, 5.41) is 15.8. The molecule has 0 fully saturated rings. The number of thiophene rings is 1. The Bertz CT molecular complexity index is 640. The molecule has 0 bridgehead atoms. The summed E-state index contributed by atoms with van der Waals surface area (Å²) in [7, 11) is 0. The first kappa shape index (κ1) is 12.2. The van der Waals surface area contributed by atoms with Gasteiger partial charge >= 0.3 is 0 Å². The summed E-state index contributed by atoms with van der Waals surface area (Å²) < 4.78 is 0. The highest BCUT2D eigenvalue weighted by atomic mass is 32.1. The molecule has 0 radical (unpaired) electrons. The number of amides is 1. The van der Waals surface area contributed by atoms with E-state index in [2.05, 4.69) is 11.2 Å². The summed E-state index contributed by atoms with van der Waals surface area (Å²) >= 11 is 1.47. The summed E-state index contributed by atoms with van der Waals surface area (Å²) in [4.78, 5) is 12.7. The van der Waals surface area contributed by atoms with Gasteiger partial charge in [0.25, 0.3) is 0 Å². The van der Waals surface area contributed by atoms with Crippen LogP contribution in [0.25, 0.3) is 0 Å². The van der Waals surface area contributed by atoms with E-state index in [4.69, 9.17) is 5.73 Å². The Kier molecular flexibility index (Phi) is 2.61. The molecular weight excluding hydrogens is 260 g/mol.